The minimum Gasteiger partial charge on any atom is -0.379 e. The van der Waals surface area contributed by atoms with Gasteiger partial charge in [0.1, 0.15) is 0 Å². The monoisotopic (exact) mass is 384 g/mol. The van der Waals surface area contributed by atoms with Crippen molar-refractivity contribution in [1.82, 2.24) is 10.2 Å². The van der Waals surface area contributed by atoms with Crippen LogP contribution in [0.25, 0.3) is 0 Å². The molecule has 1 saturated heterocycles. The van der Waals surface area contributed by atoms with Gasteiger partial charge >= 0.3 is 0 Å². The van der Waals surface area contributed by atoms with E-state index < -0.39 is 0 Å². The fraction of sp³-hybridized carbons (Fsp3) is 0.500. The van der Waals surface area contributed by atoms with Gasteiger partial charge in [0.25, 0.3) is 0 Å². The van der Waals surface area contributed by atoms with Crippen molar-refractivity contribution in [3.8, 4) is 0 Å². The van der Waals surface area contributed by atoms with Crippen LogP contribution in [0.15, 0.2) is 23.1 Å². The van der Waals surface area contributed by atoms with Crippen LogP contribution in [0.5, 0.6) is 0 Å². The van der Waals surface area contributed by atoms with E-state index in [9.17, 15) is 4.79 Å². The molecule has 0 bridgehead atoms. The average molecular weight is 386 g/mol. The first kappa shape index (κ1) is 19.9. The van der Waals surface area contributed by atoms with Crippen LogP contribution in [0.4, 0.5) is 0 Å². The largest absolute Gasteiger partial charge is 0.379 e. The van der Waals surface area contributed by atoms with Gasteiger partial charge in [0, 0.05) is 36.1 Å². The molecule has 0 atom stereocenters. The molecule has 124 valence electrons. The zero-order valence-electron chi connectivity index (χ0n) is 12.0. The van der Waals surface area contributed by atoms with Crippen molar-refractivity contribution in [2.75, 3.05) is 45.1 Å². The lowest BCUT2D eigenvalue weighted by atomic mass is 10.4. The van der Waals surface area contributed by atoms with Gasteiger partial charge in [-0.05, 0) is 18.2 Å². The van der Waals surface area contributed by atoms with Crippen molar-refractivity contribution in [2.24, 2.45) is 0 Å². The molecule has 1 aliphatic rings. The van der Waals surface area contributed by atoms with Gasteiger partial charge in [-0.1, -0.05) is 23.2 Å². The number of carbonyl (C=O) groups is 1. The van der Waals surface area contributed by atoms with Crippen LogP contribution in [0.2, 0.25) is 10.0 Å². The highest BCUT2D eigenvalue weighted by atomic mass is 35.5. The lowest BCUT2D eigenvalue weighted by Gasteiger charge is -2.26. The number of halogens is 3. The lowest BCUT2D eigenvalue weighted by molar-refractivity contribution is -0.118. The van der Waals surface area contributed by atoms with Gasteiger partial charge in [0.15, 0.2) is 0 Å². The molecular formula is C14H19Cl3N2O2S. The van der Waals surface area contributed by atoms with E-state index in [1.807, 2.05) is 0 Å². The highest BCUT2D eigenvalue weighted by Crippen LogP contribution is 2.29. The Bertz CT molecular complexity index is 485. The number of amides is 1. The summed E-state index contributed by atoms with van der Waals surface area (Å²) in [5, 5.41) is 4.15. The second-order valence-electron chi connectivity index (χ2n) is 4.67. The number of carbonyl (C=O) groups excluding carboxylic acids is 1. The minimum atomic E-state index is 0. The van der Waals surface area contributed by atoms with Crippen molar-refractivity contribution in [2.45, 2.75) is 4.90 Å². The number of thioether (sulfide) groups is 1. The van der Waals surface area contributed by atoms with E-state index >= 15 is 0 Å². The maximum Gasteiger partial charge on any atom is 0.230 e. The van der Waals surface area contributed by atoms with Gasteiger partial charge in [0.2, 0.25) is 5.91 Å². The predicted octanol–water partition coefficient (Wildman–Crippen LogP) is 2.96. The zero-order chi connectivity index (χ0) is 15.1. The molecule has 1 heterocycles. The Hall–Kier alpha value is -0.170. The second kappa shape index (κ2) is 10.6. The van der Waals surface area contributed by atoms with E-state index in [4.69, 9.17) is 27.9 Å². The summed E-state index contributed by atoms with van der Waals surface area (Å²) in [6, 6.07) is 5.24. The molecular weight excluding hydrogens is 367 g/mol. The molecule has 1 aromatic carbocycles. The summed E-state index contributed by atoms with van der Waals surface area (Å²) in [6.07, 6.45) is 0. The van der Waals surface area contributed by atoms with E-state index in [1.54, 1.807) is 18.2 Å². The Balaban J connectivity index is 0.00000242. The Morgan fingerprint density at radius 2 is 2.05 bits per heavy atom. The van der Waals surface area contributed by atoms with E-state index in [-0.39, 0.29) is 18.3 Å². The number of hydrogen-bond donors (Lipinski definition) is 1. The fourth-order valence-corrected chi connectivity index (χ4v) is 3.28. The van der Waals surface area contributed by atoms with Gasteiger partial charge in [-0.3, -0.25) is 9.69 Å². The normalized spacial score (nSPS) is 15.2. The Kier molecular flexibility index (Phi) is 9.55. The maximum atomic E-state index is 11.8. The number of rotatable bonds is 6. The molecule has 1 aliphatic heterocycles. The van der Waals surface area contributed by atoms with Crippen molar-refractivity contribution in [3.63, 3.8) is 0 Å². The summed E-state index contributed by atoms with van der Waals surface area (Å²) >= 11 is 13.4. The van der Waals surface area contributed by atoms with Crippen LogP contribution < -0.4 is 5.32 Å². The van der Waals surface area contributed by atoms with E-state index in [0.717, 1.165) is 37.7 Å². The molecule has 0 aliphatic carbocycles. The van der Waals surface area contributed by atoms with E-state index in [1.165, 1.54) is 11.8 Å². The molecule has 0 spiro atoms. The summed E-state index contributed by atoms with van der Waals surface area (Å²) in [4.78, 5) is 14.9. The molecule has 0 unspecified atom stereocenters. The quantitative estimate of drug-likeness (QED) is 0.765. The number of nitrogens with zero attached hydrogens (tertiary/aromatic N) is 1. The summed E-state index contributed by atoms with van der Waals surface area (Å²) in [7, 11) is 0. The number of ether oxygens (including phenoxy) is 1. The maximum absolute atomic E-state index is 11.8. The van der Waals surface area contributed by atoms with Gasteiger partial charge in [0.05, 0.1) is 24.0 Å². The van der Waals surface area contributed by atoms with Crippen LogP contribution in [0.3, 0.4) is 0 Å². The molecule has 0 radical (unpaired) electrons. The van der Waals surface area contributed by atoms with Crippen LogP contribution in [-0.4, -0.2) is 56.0 Å². The minimum absolute atomic E-state index is 0. The highest BCUT2D eigenvalue weighted by molar-refractivity contribution is 8.00. The van der Waals surface area contributed by atoms with Crippen molar-refractivity contribution in [1.29, 1.82) is 0 Å². The first-order valence-corrected chi connectivity index (χ1v) is 8.54. The molecule has 22 heavy (non-hydrogen) atoms. The molecule has 1 N–H and O–H groups in total. The summed E-state index contributed by atoms with van der Waals surface area (Å²) in [5.74, 6) is 0.340. The van der Waals surface area contributed by atoms with Gasteiger partial charge in [-0.25, -0.2) is 0 Å². The third kappa shape index (κ3) is 6.94. The average Bonchev–Trinajstić information content (AvgIpc) is 2.49. The van der Waals surface area contributed by atoms with E-state index in [2.05, 4.69) is 10.2 Å². The highest BCUT2D eigenvalue weighted by Gasteiger charge is 2.10. The van der Waals surface area contributed by atoms with Crippen molar-refractivity contribution in [3.05, 3.63) is 28.2 Å². The van der Waals surface area contributed by atoms with Crippen molar-refractivity contribution < 1.29 is 9.53 Å². The number of benzene rings is 1. The predicted molar refractivity (Wildman–Crippen MR) is 94.7 cm³/mol. The zero-order valence-corrected chi connectivity index (χ0v) is 15.2. The Morgan fingerprint density at radius 1 is 1.32 bits per heavy atom. The Morgan fingerprint density at radius 3 is 2.77 bits per heavy atom. The molecule has 4 nitrogen and oxygen atoms in total. The number of morpholine rings is 1. The molecule has 0 aromatic heterocycles. The van der Waals surface area contributed by atoms with Crippen LogP contribution in [0.1, 0.15) is 0 Å². The topological polar surface area (TPSA) is 41.6 Å². The molecule has 1 fully saturated rings. The number of nitrogens with one attached hydrogen (secondary N) is 1. The third-order valence-electron chi connectivity index (χ3n) is 3.11. The smallest absolute Gasteiger partial charge is 0.230 e. The first-order chi connectivity index (χ1) is 10.1. The van der Waals surface area contributed by atoms with Gasteiger partial charge in [-0.15, -0.1) is 24.2 Å². The van der Waals surface area contributed by atoms with E-state index in [0.29, 0.717) is 22.3 Å². The number of hydrogen-bond acceptors (Lipinski definition) is 4. The first-order valence-electron chi connectivity index (χ1n) is 6.80. The Labute approximate surface area is 151 Å². The van der Waals surface area contributed by atoms with Gasteiger partial charge in [-0.2, -0.15) is 0 Å². The SMILES string of the molecule is Cl.O=C(CSc1cc(Cl)ccc1Cl)NCCN1CCOCC1. The lowest BCUT2D eigenvalue weighted by Crippen LogP contribution is -2.41. The summed E-state index contributed by atoms with van der Waals surface area (Å²) in [6.45, 7) is 4.93. The second-order valence-corrected chi connectivity index (χ2v) is 6.53. The van der Waals surface area contributed by atoms with Crippen molar-refractivity contribution >= 4 is 53.3 Å². The molecule has 2 rings (SSSR count). The molecule has 1 amide bonds. The van der Waals surface area contributed by atoms with Gasteiger partial charge < -0.3 is 10.1 Å². The summed E-state index contributed by atoms with van der Waals surface area (Å²) < 4.78 is 5.28. The standard InChI is InChI=1S/C14H18Cl2N2O2S.ClH/c15-11-1-2-12(16)13(9-11)21-10-14(19)17-3-4-18-5-7-20-8-6-18;/h1-2,9H,3-8,10H2,(H,17,19);1H. The van der Waals surface area contributed by atoms with Crippen LogP contribution in [0, 0.1) is 0 Å². The third-order valence-corrected chi connectivity index (χ3v) is 4.84. The van der Waals surface area contributed by atoms with Crippen LogP contribution >= 0.6 is 47.4 Å². The fourth-order valence-electron chi connectivity index (χ4n) is 1.96. The molecule has 8 heteroatoms. The summed E-state index contributed by atoms with van der Waals surface area (Å²) in [5.41, 5.74) is 0. The molecule has 0 saturated carbocycles. The van der Waals surface area contributed by atoms with Crippen LogP contribution in [-0.2, 0) is 9.53 Å². The molecule has 1 aromatic rings.